The van der Waals surface area contributed by atoms with Gasteiger partial charge in [-0.05, 0) is 12.1 Å². The van der Waals surface area contributed by atoms with Crippen molar-refractivity contribution in [1.82, 2.24) is 0 Å². The summed E-state index contributed by atoms with van der Waals surface area (Å²) in [5.74, 6) is 0. The van der Waals surface area contributed by atoms with Gasteiger partial charge in [0.1, 0.15) is 0 Å². The number of hydrogen-bond donors (Lipinski definition) is 1. The summed E-state index contributed by atoms with van der Waals surface area (Å²) < 4.78 is 20.5. The molecule has 1 aromatic rings. The molecule has 0 saturated carbocycles. The van der Waals surface area contributed by atoms with Gasteiger partial charge in [0, 0.05) is 0 Å². The van der Waals surface area contributed by atoms with Crippen LogP contribution in [0.2, 0.25) is 0 Å². The molecule has 1 rings (SSSR count). The van der Waals surface area contributed by atoms with E-state index in [1.807, 2.05) is 0 Å². The molecule has 0 fully saturated rings. The average Bonchev–Trinajstić information content (AvgIpc) is 1.90. The van der Waals surface area contributed by atoms with E-state index in [2.05, 4.69) is 0 Å². The topological polar surface area (TPSA) is 34.1 Å². The fraction of sp³-hybridized carbons (Fsp3) is 0. The van der Waals surface area contributed by atoms with Gasteiger partial charge in [0.2, 0.25) is 0 Å². The molecule has 0 aliphatic rings. The third kappa shape index (κ3) is 6.50. The van der Waals surface area contributed by atoms with Crippen molar-refractivity contribution >= 4 is 113 Å². The van der Waals surface area contributed by atoms with Crippen LogP contribution in [-0.2, 0) is 10.7 Å². The SMILES string of the molecule is O=[SH](=O)c1ccccc1.[KH].[KH]. The third-order valence-electron chi connectivity index (χ3n) is 0.967. The molecule has 0 N–H and O–H groups in total. The zero-order valence-corrected chi connectivity index (χ0v) is 5.54. The van der Waals surface area contributed by atoms with Crippen LogP contribution in [-0.4, -0.2) is 111 Å². The van der Waals surface area contributed by atoms with Crippen LogP contribution in [0.15, 0.2) is 35.2 Å². The van der Waals surface area contributed by atoms with Crippen LogP contribution in [0.5, 0.6) is 0 Å². The van der Waals surface area contributed by atoms with E-state index in [0.29, 0.717) is 4.90 Å². The summed E-state index contributed by atoms with van der Waals surface area (Å²) in [4.78, 5) is 0.368. The van der Waals surface area contributed by atoms with Gasteiger partial charge in [0.05, 0.1) is 4.90 Å². The molecule has 0 heterocycles. The Labute approximate surface area is 153 Å². The predicted molar refractivity (Wildman–Crippen MR) is 49.3 cm³/mol. The Bertz CT molecular complexity index is 251. The van der Waals surface area contributed by atoms with Crippen LogP contribution in [0.25, 0.3) is 0 Å². The van der Waals surface area contributed by atoms with Crippen molar-refractivity contribution in [2.24, 2.45) is 0 Å². The first-order valence-electron chi connectivity index (χ1n) is 2.50. The molecule has 2 nitrogen and oxygen atoms in total. The summed E-state index contributed by atoms with van der Waals surface area (Å²) in [7, 11) is -2.40. The summed E-state index contributed by atoms with van der Waals surface area (Å²) in [6, 6.07) is 8.29. The first-order chi connectivity index (χ1) is 4.30. The molecule has 11 heavy (non-hydrogen) atoms. The fourth-order valence-corrected chi connectivity index (χ4v) is 0.965. The van der Waals surface area contributed by atoms with Crippen molar-refractivity contribution in [2.45, 2.75) is 4.90 Å². The van der Waals surface area contributed by atoms with Crippen molar-refractivity contribution in [1.29, 1.82) is 0 Å². The van der Waals surface area contributed by atoms with E-state index in [4.69, 9.17) is 0 Å². The second-order valence-electron chi connectivity index (χ2n) is 1.59. The summed E-state index contributed by atoms with van der Waals surface area (Å²) in [6.07, 6.45) is 0. The van der Waals surface area contributed by atoms with Gasteiger partial charge in [0.15, 0.2) is 10.7 Å². The quantitative estimate of drug-likeness (QED) is 0.507. The molecular weight excluding hydrogens is 214 g/mol. The zero-order chi connectivity index (χ0) is 6.69. The predicted octanol–water partition coefficient (Wildman–Crippen LogP) is -0.640. The molecule has 52 valence electrons. The van der Waals surface area contributed by atoms with E-state index >= 15 is 0 Å². The average molecular weight is 222 g/mol. The van der Waals surface area contributed by atoms with Crippen LogP contribution < -0.4 is 0 Å². The monoisotopic (exact) mass is 222 g/mol. The molecule has 0 radical (unpaired) electrons. The maximum absolute atomic E-state index is 10.2. The Balaban J connectivity index is 0. The second kappa shape index (κ2) is 9.02. The molecule has 0 spiro atoms. The third-order valence-corrected chi connectivity index (χ3v) is 1.69. The van der Waals surface area contributed by atoms with E-state index in [1.165, 1.54) is 0 Å². The van der Waals surface area contributed by atoms with Crippen molar-refractivity contribution in [2.75, 3.05) is 0 Å². The van der Waals surface area contributed by atoms with Crippen LogP contribution in [0.4, 0.5) is 0 Å². The van der Waals surface area contributed by atoms with Gasteiger partial charge in [-0.1, -0.05) is 18.2 Å². The number of thiol groups is 1. The molecule has 0 unspecified atom stereocenters. The molecule has 5 heteroatoms. The molecule has 1 aromatic carbocycles. The van der Waals surface area contributed by atoms with E-state index in [1.54, 1.807) is 30.3 Å². The molecule has 0 aliphatic carbocycles. The summed E-state index contributed by atoms with van der Waals surface area (Å²) >= 11 is 0. The summed E-state index contributed by atoms with van der Waals surface area (Å²) in [5.41, 5.74) is 0. The zero-order valence-electron chi connectivity index (χ0n) is 4.65. The van der Waals surface area contributed by atoms with Gasteiger partial charge < -0.3 is 0 Å². The standard InChI is InChI=1S/C6H6O2S.2K.2H/c7-9(8)6-4-2-1-3-5-6;;;;/h1-5,9H;;;;. The fourth-order valence-electron chi connectivity index (χ4n) is 0.550. The normalized spacial score (nSPS) is 8.09. The van der Waals surface area contributed by atoms with Gasteiger partial charge in [-0.15, -0.1) is 0 Å². The maximum atomic E-state index is 10.2. The minimum atomic E-state index is -2.40. The summed E-state index contributed by atoms with van der Waals surface area (Å²) in [6.45, 7) is 0. The van der Waals surface area contributed by atoms with Crippen molar-refractivity contribution in [3.8, 4) is 0 Å². The van der Waals surface area contributed by atoms with Crippen LogP contribution in [0, 0.1) is 0 Å². The molecule has 0 atom stereocenters. The Morgan fingerprint density at radius 3 is 1.64 bits per heavy atom. The van der Waals surface area contributed by atoms with Crippen molar-refractivity contribution < 1.29 is 8.42 Å². The number of benzene rings is 1. The van der Waals surface area contributed by atoms with Crippen molar-refractivity contribution in [3.63, 3.8) is 0 Å². The van der Waals surface area contributed by atoms with Crippen LogP contribution in [0.1, 0.15) is 0 Å². The van der Waals surface area contributed by atoms with E-state index < -0.39 is 10.7 Å². The first-order valence-corrected chi connectivity index (χ1v) is 3.68. The minimum absolute atomic E-state index is 0. The van der Waals surface area contributed by atoms with Gasteiger partial charge in [-0.25, -0.2) is 8.42 Å². The van der Waals surface area contributed by atoms with Crippen LogP contribution in [0.3, 0.4) is 0 Å². The van der Waals surface area contributed by atoms with Gasteiger partial charge >= 0.3 is 103 Å². The van der Waals surface area contributed by atoms with E-state index in [0.717, 1.165) is 0 Å². The number of hydrogen-bond acceptors (Lipinski definition) is 2. The Morgan fingerprint density at radius 1 is 0.909 bits per heavy atom. The molecule has 0 amide bonds. The van der Waals surface area contributed by atoms with Crippen LogP contribution >= 0.6 is 0 Å². The number of rotatable bonds is 1. The van der Waals surface area contributed by atoms with E-state index in [-0.39, 0.29) is 103 Å². The van der Waals surface area contributed by atoms with Gasteiger partial charge in [0.25, 0.3) is 0 Å². The molecule has 0 bridgehead atoms. The van der Waals surface area contributed by atoms with Crippen molar-refractivity contribution in [3.05, 3.63) is 30.3 Å². The molecule has 0 aromatic heterocycles. The Morgan fingerprint density at radius 2 is 1.36 bits per heavy atom. The second-order valence-corrected chi connectivity index (χ2v) is 2.62. The van der Waals surface area contributed by atoms with Gasteiger partial charge in [-0.3, -0.25) is 0 Å². The molecular formula is C6H8K2O2S. The Hall–Kier alpha value is 2.44. The van der Waals surface area contributed by atoms with E-state index in [9.17, 15) is 8.42 Å². The summed E-state index contributed by atoms with van der Waals surface area (Å²) in [5, 5.41) is 0. The molecule has 0 aliphatic heterocycles. The Kier molecular flexibility index (Phi) is 13.0. The molecule has 0 saturated heterocycles. The van der Waals surface area contributed by atoms with Gasteiger partial charge in [-0.2, -0.15) is 0 Å². The first kappa shape index (κ1) is 15.9.